The summed E-state index contributed by atoms with van der Waals surface area (Å²) in [6.07, 6.45) is 0. The average molecular weight is 750 g/mol. The SMILES string of the molecule is CN(C)c1nc(Cl)nc(Cl)n1.CNC.Clc1nc(Cl)nc(Cl)n1.O=CO[O-].[Cs+].[Cs+].[H-]. The zero-order valence-corrected chi connectivity index (χ0v) is 32.7. The van der Waals surface area contributed by atoms with E-state index in [2.05, 4.69) is 40.1 Å². The molecular weight excluding hydrogens is 735 g/mol. The molecule has 0 fully saturated rings. The van der Waals surface area contributed by atoms with E-state index in [-0.39, 0.29) is 172 Å². The molecule has 154 valence electrons. The van der Waals surface area contributed by atoms with Crippen LogP contribution in [-0.2, 0) is 9.68 Å². The molecule has 0 aromatic carbocycles. The zero-order chi connectivity index (χ0) is 21.4. The van der Waals surface area contributed by atoms with E-state index < -0.39 is 0 Å². The summed E-state index contributed by atoms with van der Waals surface area (Å²) in [7, 11) is 7.34. The molecular formula is C11H15Cl5Cs2N8O3. The number of nitrogens with zero attached hydrogens (tertiary/aromatic N) is 7. The van der Waals surface area contributed by atoms with Gasteiger partial charge in [-0.3, -0.25) is 4.79 Å². The summed E-state index contributed by atoms with van der Waals surface area (Å²) < 4.78 is 0. The van der Waals surface area contributed by atoms with Crippen molar-refractivity contribution in [2.45, 2.75) is 0 Å². The van der Waals surface area contributed by atoms with Crippen LogP contribution in [0.4, 0.5) is 5.95 Å². The van der Waals surface area contributed by atoms with Crippen molar-refractivity contribution in [3.8, 4) is 0 Å². The van der Waals surface area contributed by atoms with Gasteiger partial charge in [-0.1, -0.05) is 0 Å². The summed E-state index contributed by atoms with van der Waals surface area (Å²) in [5.74, 6) is 0.454. The molecule has 0 aliphatic heterocycles. The topological polar surface area (TPSA) is 142 Å². The second-order valence-electron chi connectivity index (χ2n) is 3.90. The summed E-state index contributed by atoms with van der Waals surface area (Å²) in [6, 6.07) is 0. The van der Waals surface area contributed by atoms with Crippen molar-refractivity contribution in [2.75, 3.05) is 33.1 Å². The van der Waals surface area contributed by atoms with Crippen molar-refractivity contribution in [1.82, 2.24) is 35.2 Å². The smallest absolute Gasteiger partial charge is 1.00 e. The molecule has 0 spiro atoms. The molecule has 1 N–H and O–H groups in total. The minimum atomic E-state index is -0.181. The van der Waals surface area contributed by atoms with Gasteiger partial charge in [0.2, 0.25) is 32.4 Å². The number of carbonyl (C=O) groups is 1. The van der Waals surface area contributed by atoms with Crippen molar-refractivity contribution in [3.05, 3.63) is 26.4 Å². The maximum absolute atomic E-state index is 8.64. The Labute approximate surface area is 312 Å². The normalized spacial score (nSPS) is 8.07. The fourth-order valence-electron chi connectivity index (χ4n) is 0.820. The Kier molecular flexibility index (Phi) is 34.1. The van der Waals surface area contributed by atoms with E-state index in [0.29, 0.717) is 5.95 Å². The Balaban J connectivity index is -0.0000000997. The van der Waals surface area contributed by atoms with Gasteiger partial charge in [0.25, 0.3) is 6.47 Å². The monoisotopic (exact) mass is 748 g/mol. The van der Waals surface area contributed by atoms with E-state index in [1.165, 1.54) is 0 Å². The van der Waals surface area contributed by atoms with Gasteiger partial charge in [-0.05, 0) is 72.1 Å². The fourth-order valence-corrected chi connectivity index (χ4v) is 1.78. The van der Waals surface area contributed by atoms with Gasteiger partial charge in [0, 0.05) is 14.1 Å². The standard InChI is InChI=1S/C5H6Cl2N4.C3Cl3N3.C2H7N.CH2O3.2Cs.H/c1-11(2)5-9-3(6)8-4(7)10-5;4-1-7-2(5)9-3(6)8-1;1-3-2;2-1-4-3;;;/h1-2H3;;3H,1-2H3;1,3H;;;/q;;;;2*+1;-1/p-1. The fraction of sp³-hybridized carbons (Fsp3) is 0.364. The van der Waals surface area contributed by atoms with Gasteiger partial charge >= 0.3 is 138 Å². The number of halogens is 5. The van der Waals surface area contributed by atoms with E-state index >= 15 is 0 Å². The maximum atomic E-state index is 8.64. The largest absolute Gasteiger partial charge is 1.00 e. The Hall–Kier alpha value is 2.76. The third-order valence-electron chi connectivity index (χ3n) is 1.56. The van der Waals surface area contributed by atoms with Crippen LogP contribution in [0.15, 0.2) is 0 Å². The molecule has 0 aliphatic carbocycles. The molecule has 0 amide bonds. The Morgan fingerprint density at radius 3 is 1.21 bits per heavy atom. The first-order valence-electron chi connectivity index (χ1n) is 6.38. The molecule has 0 saturated carbocycles. The molecule has 0 aliphatic rings. The first-order chi connectivity index (χ1) is 12.6. The summed E-state index contributed by atoms with van der Waals surface area (Å²) in [6.45, 7) is -0.181. The molecule has 2 heterocycles. The number of anilines is 1. The Morgan fingerprint density at radius 2 is 1.03 bits per heavy atom. The number of nitrogens with one attached hydrogen (secondary N) is 1. The van der Waals surface area contributed by atoms with Crippen molar-refractivity contribution >= 4 is 70.4 Å². The number of hydrogen-bond donors (Lipinski definition) is 1. The third-order valence-corrected chi connectivity index (χ3v) is 2.41. The average Bonchev–Trinajstić information content (AvgIpc) is 2.54. The molecule has 0 unspecified atom stereocenters. The number of aromatic nitrogens is 6. The van der Waals surface area contributed by atoms with Gasteiger partial charge in [-0.2, -0.15) is 29.9 Å². The molecule has 11 nitrogen and oxygen atoms in total. The molecule has 29 heavy (non-hydrogen) atoms. The van der Waals surface area contributed by atoms with Crippen LogP contribution in [0.1, 0.15) is 1.43 Å². The van der Waals surface area contributed by atoms with Crippen molar-refractivity contribution in [3.63, 3.8) is 0 Å². The van der Waals surface area contributed by atoms with Crippen LogP contribution in [-0.4, -0.2) is 64.6 Å². The molecule has 2 rings (SSSR count). The van der Waals surface area contributed by atoms with Crippen molar-refractivity contribution in [1.29, 1.82) is 0 Å². The molecule has 18 heteroatoms. The summed E-state index contributed by atoms with van der Waals surface area (Å²) in [4.78, 5) is 34.6. The van der Waals surface area contributed by atoms with Crippen LogP contribution in [0.25, 0.3) is 0 Å². The second-order valence-corrected chi connectivity index (χ2v) is 5.59. The first-order valence-corrected chi connectivity index (χ1v) is 8.27. The van der Waals surface area contributed by atoms with Crippen molar-refractivity contribution in [2.24, 2.45) is 0 Å². The summed E-state index contributed by atoms with van der Waals surface area (Å²) in [5, 5.41) is 11.4. The number of rotatable bonds is 2. The van der Waals surface area contributed by atoms with Gasteiger partial charge < -0.3 is 21.8 Å². The second kappa shape index (κ2) is 25.4. The van der Waals surface area contributed by atoms with Crippen LogP contribution in [0.3, 0.4) is 0 Å². The predicted octanol–water partition coefficient (Wildman–Crippen LogP) is -4.53. The quantitative estimate of drug-likeness (QED) is 0.181. The van der Waals surface area contributed by atoms with E-state index in [4.69, 9.17) is 68.1 Å². The summed E-state index contributed by atoms with van der Waals surface area (Å²) in [5.41, 5.74) is 0. The molecule has 2 aromatic heterocycles. The molecule has 0 atom stereocenters. The molecule has 0 radical (unpaired) electrons. The van der Waals surface area contributed by atoms with E-state index in [1.54, 1.807) is 19.0 Å². The number of hydrogen-bond acceptors (Lipinski definition) is 11. The van der Waals surface area contributed by atoms with Crippen LogP contribution in [0, 0.1) is 0 Å². The first kappa shape index (κ1) is 39.0. The van der Waals surface area contributed by atoms with E-state index in [1.807, 2.05) is 14.1 Å². The van der Waals surface area contributed by atoms with Crippen LogP contribution >= 0.6 is 58.0 Å². The van der Waals surface area contributed by atoms with Gasteiger partial charge in [-0.15, -0.1) is 0 Å². The third kappa shape index (κ3) is 25.2. The van der Waals surface area contributed by atoms with Gasteiger partial charge in [-0.25, -0.2) is 0 Å². The molecule has 2 aromatic rings. The number of carbonyl (C=O) groups excluding carboxylic acids is 1. The maximum Gasteiger partial charge on any atom is 1.00 e. The Morgan fingerprint density at radius 1 is 0.828 bits per heavy atom. The molecule has 0 bridgehead atoms. The zero-order valence-electron chi connectivity index (χ0n) is 17.3. The summed E-state index contributed by atoms with van der Waals surface area (Å²) >= 11 is 27.0. The van der Waals surface area contributed by atoms with Gasteiger partial charge in [0.15, 0.2) is 0 Å². The van der Waals surface area contributed by atoms with Gasteiger partial charge in [0.05, 0.1) is 0 Å². The molecule has 0 saturated heterocycles. The van der Waals surface area contributed by atoms with Crippen molar-refractivity contribution < 1.29 is 154 Å². The predicted molar refractivity (Wildman–Crippen MR) is 102 cm³/mol. The van der Waals surface area contributed by atoms with Gasteiger partial charge in [0.1, 0.15) is 0 Å². The van der Waals surface area contributed by atoms with Crippen LogP contribution in [0.2, 0.25) is 26.4 Å². The van der Waals surface area contributed by atoms with Crippen LogP contribution in [0.5, 0.6) is 0 Å². The minimum absolute atomic E-state index is 0. The van der Waals surface area contributed by atoms with Crippen LogP contribution < -0.4 is 153 Å². The Bertz CT molecular complexity index is 629. The minimum Gasteiger partial charge on any atom is -1.00 e. The van der Waals surface area contributed by atoms with E-state index in [0.717, 1.165) is 0 Å². The van der Waals surface area contributed by atoms with E-state index in [9.17, 15) is 0 Å².